The number of esters is 1. The summed E-state index contributed by atoms with van der Waals surface area (Å²) in [6, 6.07) is -0.627. The highest BCUT2D eigenvalue weighted by atomic mass is 16.5. The molecule has 0 rings (SSSR count). The second kappa shape index (κ2) is 82.0. The summed E-state index contributed by atoms with van der Waals surface area (Å²) in [6.45, 7) is 4.92. The quantitative estimate of drug-likeness (QED) is 0.0320. The summed E-state index contributed by atoms with van der Waals surface area (Å²) in [6.07, 6.45) is 111. The second-order valence-electron chi connectivity index (χ2n) is 28.8. The Balaban J connectivity index is 3.38. The lowest BCUT2D eigenvalue weighted by Gasteiger charge is -2.20. The summed E-state index contributed by atoms with van der Waals surface area (Å²) < 4.78 is 5.50. The maximum Gasteiger partial charge on any atom is 0.305 e. The van der Waals surface area contributed by atoms with Crippen molar-refractivity contribution in [2.24, 2.45) is 0 Å². The van der Waals surface area contributed by atoms with E-state index in [0.29, 0.717) is 19.4 Å². The van der Waals surface area contributed by atoms with Crippen molar-refractivity contribution in [2.75, 3.05) is 13.2 Å². The fourth-order valence-electron chi connectivity index (χ4n) is 13.1. The third kappa shape index (κ3) is 78.4. The molecular formula is C87H163NO5. The molecule has 0 aliphatic rings. The van der Waals surface area contributed by atoms with E-state index in [2.05, 4.69) is 67.8 Å². The predicted molar refractivity (Wildman–Crippen MR) is 412 cm³/mol. The highest BCUT2D eigenvalue weighted by Gasteiger charge is 2.18. The molecule has 1 amide bonds. The maximum atomic E-state index is 12.5. The fourth-order valence-corrected chi connectivity index (χ4v) is 13.1. The summed E-state index contributed by atoms with van der Waals surface area (Å²) in [4.78, 5) is 24.6. The minimum Gasteiger partial charge on any atom is -0.466 e. The van der Waals surface area contributed by atoms with E-state index in [9.17, 15) is 19.8 Å². The molecule has 0 aromatic carbocycles. The average Bonchev–Trinajstić information content (AvgIpc) is 3.78. The van der Waals surface area contributed by atoms with Gasteiger partial charge in [-0.3, -0.25) is 9.59 Å². The molecule has 0 aromatic rings. The van der Waals surface area contributed by atoms with Gasteiger partial charge in [-0.05, 0) is 96.3 Å². The van der Waals surface area contributed by atoms with Crippen LogP contribution in [0.25, 0.3) is 0 Å². The zero-order valence-corrected chi connectivity index (χ0v) is 62.8. The van der Waals surface area contributed by atoms with E-state index in [-0.39, 0.29) is 18.5 Å². The number of rotatable bonds is 79. The van der Waals surface area contributed by atoms with E-state index in [0.717, 1.165) is 57.8 Å². The number of unbranched alkanes of at least 4 members (excludes halogenated alkanes) is 60. The molecule has 6 nitrogen and oxygen atoms in total. The summed E-state index contributed by atoms with van der Waals surface area (Å²) in [7, 11) is 0. The van der Waals surface area contributed by atoms with Crippen molar-refractivity contribution in [3.8, 4) is 0 Å². The maximum absolute atomic E-state index is 12.5. The van der Waals surface area contributed by atoms with Crippen LogP contribution in [0.15, 0.2) is 60.8 Å². The molecule has 0 spiro atoms. The lowest BCUT2D eigenvalue weighted by atomic mass is 10.0. The van der Waals surface area contributed by atoms with Crippen LogP contribution >= 0.6 is 0 Å². The number of aliphatic hydroxyl groups excluding tert-OH is 2. The molecule has 546 valence electrons. The molecule has 6 heteroatoms. The number of hydrogen-bond acceptors (Lipinski definition) is 5. The molecule has 0 aliphatic carbocycles. The van der Waals surface area contributed by atoms with Gasteiger partial charge in [-0.25, -0.2) is 0 Å². The zero-order valence-electron chi connectivity index (χ0n) is 62.8. The molecule has 0 saturated heterocycles. The second-order valence-corrected chi connectivity index (χ2v) is 28.8. The minimum atomic E-state index is -0.844. The standard InChI is InChI=1S/C87H163NO5/c1-3-5-7-9-11-13-15-17-19-21-22-42-45-48-51-55-59-63-67-71-75-79-85(90)84(83-89)88-86(91)80-76-72-68-64-60-56-52-49-46-43-40-38-36-34-32-30-28-26-24-23-25-27-29-31-33-35-37-39-41-44-47-50-54-58-62-66-70-74-78-82-93-87(92)81-77-73-69-65-61-57-53-20-18-16-14-12-10-8-6-4-2/h14,16,20,23-24,27,29,53,75,79,84-85,89-90H,3-13,15,17-19,21-22,25-26,28,30-52,54-74,76-78,80-83H2,1-2H3,(H,88,91)/b16-14-,24-23-,29-27-,53-20-,79-75+. The Morgan fingerprint density at radius 2 is 0.538 bits per heavy atom. The molecular weight excluding hydrogens is 1140 g/mol. The Morgan fingerprint density at radius 3 is 0.828 bits per heavy atom. The van der Waals surface area contributed by atoms with Gasteiger partial charge in [0.1, 0.15) is 0 Å². The molecule has 0 aliphatic heterocycles. The van der Waals surface area contributed by atoms with Crippen molar-refractivity contribution >= 4 is 11.9 Å². The molecule has 0 heterocycles. The van der Waals surface area contributed by atoms with Crippen LogP contribution < -0.4 is 5.32 Å². The van der Waals surface area contributed by atoms with Crippen LogP contribution in [0.3, 0.4) is 0 Å². The first-order chi connectivity index (χ1) is 46.0. The Kier molecular flexibility index (Phi) is 79.8. The van der Waals surface area contributed by atoms with Gasteiger partial charge >= 0.3 is 5.97 Å². The molecule has 2 atom stereocenters. The van der Waals surface area contributed by atoms with Gasteiger partial charge < -0.3 is 20.3 Å². The molecule has 2 unspecified atom stereocenters. The molecule has 93 heavy (non-hydrogen) atoms. The number of ether oxygens (including phenoxy) is 1. The van der Waals surface area contributed by atoms with E-state index in [4.69, 9.17) is 4.74 Å². The van der Waals surface area contributed by atoms with Gasteiger partial charge in [0.05, 0.1) is 25.4 Å². The lowest BCUT2D eigenvalue weighted by molar-refractivity contribution is -0.143. The predicted octanol–water partition coefficient (Wildman–Crippen LogP) is 28.1. The zero-order chi connectivity index (χ0) is 67.0. The SMILES string of the molecule is CCCCCC/C=C\C/C=C\CCCCCCCC(=O)OCCCCCCCCCCCCCCCCC/C=C\C/C=C\CCCCCCCCCCCCCCCCCCCC(=O)NC(CO)C(O)/C=C/CCCCCCCCCCCCCCCCCCCCC. The number of nitrogens with one attached hydrogen (secondary N) is 1. The highest BCUT2D eigenvalue weighted by molar-refractivity contribution is 5.76. The number of aliphatic hydroxyl groups is 2. The number of carbonyl (C=O) groups is 2. The van der Waals surface area contributed by atoms with Crippen molar-refractivity contribution in [1.29, 1.82) is 0 Å². The normalized spacial score (nSPS) is 12.8. The van der Waals surface area contributed by atoms with Gasteiger partial charge in [-0.2, -0.15) is 0 Å². The van der Waals surface area contributed by atoms with Gasteiger partial charge in [0.25, 0.3) is 0 Å². The van der Waals surface area contributed by atoms with Crippen LogP contribution in [0.4, 0.5) is 0 Å². The number of amides is 1. The van der Waals surface area contributed by atoms with Gasteiger partial charge in [0.2, 0.25) is 5.91 Å². The molecule has 0 aromatic heterocycles. The van der Waals surface area contributed by atoms with Crippen LogP contribution in [-0.4, -0.2) is 47.4 Å². The number of allylic oxidation sites excluding steroid dienone is 9. The molecule has 3 N–H and O–H groups in total. The van der Waals surface area contributed by atoms with E-state index >= 15 is 0 Å². The summed E-state index contributed by atoms with van der Waals surface area (Å²) in [5.74, 6) is -0.0538. The van der Waals surface area contributed by atoms with Gasteiger partial charge in [-0.15, -0.1) is 0 Å². The first-order valence-electron chi connectivity index (χ1n) is 42.1. The first-order valence-corrected chi connectivity index (χ1v) is 42.1. The van der Waals surface area contributed by atoms with Crippen molar-refractivity contribution in [3.05, 3.63) is 60.8 Å². The number of hydrogen-bond donors (Lipinski definition) is 3. The third-order valence-electron chi connectivity index (χ3n) is 19.5. The van der Waals surface area contributed by atoms with Gasteiger partial charge in [-0.1, -0.05) is 408 Å². The first kappa shape index (κ1) is 90.6. The average molecular weight is 1300 g/mol. The highest BCUT2D eigenvalue weighted by Crippen LogP contribution is 2.20. The summed E-state index contributed by atoms with van der Waals surface area (Å²) in [5, 5.41) is 23.3. The Morgan fingerprint density at radius 1 is 0.301 bits per heavy atom. The summed E-state index contributed by atoms with van der Waals surface area (Å²) in [5.41, 5.74) is 0. The summed E-state index contributed by atoms with van der Waals surface area (Å²) >= 11 is 0. The monoisotopic (exact) mass is 1300 g/mol. The minimum absolute atomic E-state index is 0.00694. The van der Waals surface area contributed by atoms with E-state index in [1.165, 1.54) is 372 Å². The Bertz CT molecular complexity index is 1600. The van der Waals surface area contributed by atoms with Crippen molar-refractivity contribution in [1.82, 2.24) is 5.32 Å². The van der Waals surface area contributed by atoms with Crippen molar-refractivity contribution in [3.63, 3.8) is 0 Å². The van der Waals surface area contributed by atoms with Gasteiger partial charge in [0, 0.05) is 12.8 Å². The van der Waals surface area contributed by atoms with Crippen LogP contribution in [0.1, 0.15) is 457 Å². The van der Waals surface area contributed by atoms with Crippen molar-refractivity contribution in [2.45, 2.75) is 469 Å². The van der Waals surface area contributed by atoms with Crippen LogP contribution in [0.5, 0.6) is 0 Å². The third-order valence-corrected chi connectivity index (χ3v) is 19.5. The molecule has 0 bridgehead atoms. The van der Waals surface area contributed by atoms with E-state index < -0.39 is 12.1 Å². The van der Waals surface area contributed by atoms with Gasteiger partial charge in [0.15, 0.2) is 0 Å². The van der Waals surface area contributed by atoms with Crippen molar-refractivity contribution < 1.29 is 24.5 Å². The van der Waals surface area contributed by atoms with Crippen LogP contribution in [0, 0.1) is 0 Å². The lowest BCUT2D eigenvalue weighted by Crippen LogP contribution is -2.45. The largest absolute Gasteiger partial charge is 0.466 e. The van der Waals surface area contributed by atoms with Crippen LogP contribution in [-0.2, 0) is 14.3 Å². The molecule has 0 radical (unpaired) electrons. The fraction of sp³-hybridized carbons (Fsp3) is 0.862. The Hall–Kier alpha value is -2.44. The van der Waals surface area contributed by atoms with E-state index in [1.807, 2.05) is 6.08 Å². The molecule has 0 fully saturated rings. The van der Waals surface area contributed by atoms with E-state index in [1.54, 1.807) is 6.08 Å². The Labute approximate surface area is 581 Å². The molecule has 0 saturated carbocycles. The van der Waals surface area contributed by atoms with Crippen LogP contribution in [0.2, 0.25) is 0 Å². The number of carbonyl (C=O) groups excluding carboxylic acids is 2. The smallest absolute Gasteiger partial charge is 0.305 e. The topological polar surface area (TPSA) is 95.9 Å².